The predicted octanol–water partition coefficient (Wildman–Crippen LogP) is -1.04. The summed E-state index contributed by atoms with van der Waals surface area (Å²) in [6.07, 6.45) is 0.882. The molecule has 1 heterocycles. The van der Waals surface area contributed by atoms with Crippen molar-refractivity contribution in [1.29, 1.82) is 0 Å². The predicted molar refractivity (Wildman–Crippen MR) is 39.1 cm³/mol. The molecule has 1 N–H and O–H groups in total. The number of aliphatic hydroxyl groups excluding tert-OH is 1. The normalized spacial score (nSPS) is 13.4. The molecular formula is C6H11N3O2. The van der Waals surface area contributed by atoms with Crippen molar-refractivity contribution < 1.29 is 5.11 Å². The summed E-state index contributed by atoms with van der Waals surface area (Å²) in [6.45, 7) is 1.86. The third-order valence-corrected chi connectivity index (χ3v) is 1.32. The molecule has 5 nitrogen and oxygen atoms in total. The quantitative estimate of drug-likeness (QED) is 0.596. The van der Waals surface area contributed by atoms with E-state index in [1.165, 1.54) is 15.6 Å². The molecule has 0 aliphatic rings. The molecule has 0 aromatic carbocycles. The Morgan fingerprint density at radius 1 is 1.82 bits per heavy atom. The summed E-state index contributed by atoms with van der Waals surface area (Å²) in [4.78, 5) is 11.1. The zero-order valence-corrected chi connectivity index (χ0v) is 6.56. The Kier molecular flexibility index (Phi) is 2.09. The van der Waals surface area contributed by atoms with E-state index < -0.39 is 6.10 Å². The second-order valence-corrected chi connectivity index (χ2v) is 2.56. The van der Waals surface area contributed by atoms with Crippen molar-refractivity contribution >= 4 is 0 Å². The molecule has 0 bridgehead atoms. The van der Waals surface area contributed by atoms with Crippen LogP contribution in [0.1, 0.15) is 6.92 Å². The molecule has 11 heavy (non-hydrogen) atoms. The van der Waals surface area contributed by atoms with Gasteiger partial charge in [-0.25, -0.2) is 9.48 Å². The topological polar surface area (TPSA) is 60.0 Å². The third-order valence-electron chi connectivity index (χ3n) is 1.32. The van der Waals surface area contributed by atoms with Crippen molar-refractivity contribution in [3.05, 3.63) is 16.8 Å². The molecule has 5 heteroatoms. The van der Waals surface area contributed by atoms with Crippen LogP contribution in [0.25, 0.3) is 0 Å². The van der Waals surface area contributed by atoms with Crippen LogP contribution in [0.15, 0.2) is 11.1 Å². The summed E-state index contributed by atoms with van der Waals surface area (Å²) in [5, 5.41) is 12.7. The fraction of sp³-hybridized carbons (Fsp3) is 0.667. The average Bonchev–Trinajstić information content (AvgIpc) is 2.18. The Labute approximate surface area is 63.9 Å². The Balaban J connectivity index is 2.88. The summed E-state index contributed by atoms with van der Waals surface area (Å²) < 4.78 is 2.59. The largest absolute Gasteiger partial charge is 0.391 e. The number of hydrogen-bond acceptors (Lipinski definition) is 3. The van der Waals surface area contributed by atoms with Gasteiger partial charge in [0.25, 0.3) is 0 Å². The molecule has 0 fully saturated rings. The summed E-state index contributed by atoms with van der Waals surface area (Å²) in [7, 11) is 1.62. The first kappa shape index (κ1) is 8.00. The lowest BCUT2D eigenvalue weighted by atomic mass is 10.4. The van der Waals surface area contributed by atoms with Gasteiger partial charge in [0.2, 0.25) is 0 Å². The van der Waals surface area contributed by atoms with Gasteiger partial charge in [-0.3, -0.25) is 4.57 Å². The SMILES string of the molecule is CC(O)Cn1ncn(C)c1=O. The first-order valence-electron chi connectivity index (χ1n) is 3.37. The van der Waals surface area contributed by atoms with Crippen molar-refractivity contribution in [3.8, 4) is 0 Å². The highest BCUT2D eigenvalue weighted by atomic mass is 16.3. The van der Waals surface area contributed by atoms with Gasteiger partial charge in [0, 0.05) is 7.05 Å². The number of aromatic nitrogens is 3. The summed E-state index contributed by atoms with van der Waals surface area (Å²) in [6, 6.07) is 0. The van der Waals surface area contributed by atoms with Crippen LogP contribution in [-0.4, -0.2) is 25.6 Å². The molecule has 0 saturated carbocycles. The van der Waals surface area contributed by atoms with Gasteiger partial charge in [-0.05, 0) is 6.92 Å². The second-order valence-electron chi connectivity index (χ2n) is 2.56. The molecular weight excluding hydrogens is 146 g/mol. The lowest BCUT2D eigenvalue weighted by molar-refractivity contribution is 0.166. The molecule has 1 rings (SSSR count). The van der Waals surface area contributed by atoms with Gasteiger partial charge in [0.15, 0.2) is 0 Å². The number of rotatable bonds is 2. The molecule has 1 aromatic heterocycles. The Morgan fingerprint density at radius 3 is 2.82 bits per heavy atom. The molecule has 0 spiro atoms. The van der Waals surface area contributed by atoms with Gasteiger partial charge < -0.3 is 5.11 Å². The number of aryl methyl sites for hydroxylation is 1. The van der Waals surface area contributed by atoms with Gasteiger partial charge >= 0.3 is 5.69 Å². The molecule has 62 valence electrons. The highest BCUT2D eigenvalue weighted by Crippen LogP contribution is 1.83. The van der Waals surface area contributed by atoms with E-state index in [4.69, 9.17) is 5.11 Å². The van der Waals surface area contributed by atoms with Gasteiger partial charge in [-0.2, -0.15) is 5.10 Å². The Morgan fingerprint density at radius 2 is 2.45 bits per heavy atom. The smallest absolute Gasteiger partial charge is 0.345 e. The van der Waals surface area contributed by atoms with Gasteiger partial charge in [-0.1, -0.05) is 0 Å². The minimum atomic E-state index is -0.539. The van der Waals surface area contributed by atoms with Crippen molar-refractivity contribution in [2.75, 3.05) is 0 Å². The highest BCUT2D eigenvalue weighted by Gasteiger charge is 2.03. The minimum absolute atomic E-state index is 0.203. The highest BCUT2D eigenvalue weighted by molar-refractivity contribution is 4.65. The maximum atomic E-state index is 11.1. The molecule has 0 radical (unpaired) electrons. The number of hydrogen-bond donors (Lipinski definition) is 1. The Hall–Kier alpha value is -1.10. The number of nitrogens with zero attached hydrogens (tertiary/aromatic N) is 3. The molecule has 0 aliphatic heterocycles. The van der Waals surface area contributed by atoms with Crippen LogP contribution in [0.5, 0.6) is 0 Å². The van der Waals surface area contributed by atoms with Gasteiger partial charge in [0.1, 0.15) is 6.33 Å². The molecule has 1 aromatic rings. The van der Waals surface area contributed by atoms with E-state index in [1.807, 2.05) is 0 Å². The third kappa shape index (κ3) is 1.68. The molecule has 1 atom stereocenters. The van der Waals surface area contributed by atoms with Gasteiger partial charge in [-0.15, -0.1) is 0 Å². The van der Waals surface area contributed by atoms with Crippen LogP contribution < -0.4 is 5.69 Å². The van der Waals surface area contributed by atoms with E-state index in [-0.39, 0.29) is 12.2 Å². The van der Waals surface area contributed by atoms with Gasteiger partial charge in [0.05, 0.1) is 12.6 Å². The van der Waals surface area contributed by atoms with E-state index in [0.717, 1.165) is 0 Å². The molecule has 0 amide bonds. The van der Waals surface area contributed by atoms with E-state index in [1.54, 1.807) is 14.0 Å². The summed E-state index contributed by atoms with van der Waals surface area (Å²) in [5.41, 5.74) is -0.203. The molecule has 0 aliphatic carbocycles. The van der Waals surface area contributed by atoms with E-state index in [2.05, 4.69) is 5.10 Å². The standard InChI is InChI=1S/C6H11N3O2/c1-5(10)3-9-6(11)8(2)4-7-9/h4-5,10H,3H2,1-2H3. The second kappa shape index (κ2) is 2.87. The van der Waals surface area contributed by atoms with Crippen LogP contribution >= 0.6 is 0 Å². The maximum Gasteiger partial charge on any atom is 0.345 e. The summed E-state index contributed by atoms with van der Waals surface area (Å²) in [5.74, 6) is 0. The number of aliphatic hydroxyl groups is 1. The average molecular weight is 157 g/mol. The zero-order valence-electron chi connectivity index (χ0n) is 6.56. The van der Waals surface area contributed by atoms with Crippen LogP contribution in [0, 0.1) is 0 Å². The lowest BCUT2D eigenvalue weighted by Crippen LogP contribution is -2.27. The van der Waals surface area contributed by atoms with Crippen molar-refractivity contribution in [2.24, 2.45) is 7.05 Å². The van der Waals surface area contributed by atoms with Crippen molar-refractivity contribution in [1.82, 2.24) is 14.3 Å². The first-order chi connectivity index (χ1) is 5.11. The van der Waals surface area contributed by atoms with Crippen LogP contribution in [-0.2, 0) is 13.6 Å². The van der Waals surface area contributed by atoms with E-state index in [9.17, 15) is 4.79 Å². The molecule has 0 saturated heterocycles. The van der Waals surface area contributed by atoms with Crippen molar-refractivity contribution in [2.45, 2.75) is 19.6 Å². The first-order valence-corrected chi connectivity index (χ1v) is 3.37. The maximum absolute atomic E-state index is 11.1. The van der Waals surface area contributed by atoms with E-state index in [0.29, 0.717) is 0 Å². The van der Waals surface area contributed by atoms with Crippen LogP contribution in [0.3, 0.4) is 0 Å². The van der Waals surface area contributed by atoms with Crippen LogP contribution in [0.2, 0.25) is 0 Å². The summed E-state index contributed by atoms with van der Waals surface area (Å²) >= 11 is 0. The Bertz CT molecular complexity index is 286. The fourth-order valence-corrected chi connectivity index (χ4v) is 0.796. The lowest BCUT2D eigenvalue weighted by Gasteiger charge is -2.00. The fourth-order valence-electron chi connectivity index (χ4n) is 0.796. The molecule has 1 unspecified atom stereocenters. The zero-order chi connectivity index (χ0) is 8.43. The van der Waals surface area contributed by atoms with Crippen molar-refractivity contribution in [3.63, 3.8) is 0 Å². The monoisotopic (exact) mass is 157 g/mol. The van der Waals surface area contributed by atoms with E-state index >= 15 is 0 Å². The minimum Gasteiger partial charge on any atom is -0.391 e. The van der Waals surface area contributed by atoms with Crippen LogP contribution in [0.4, 0.5) is 0 Å².